The number of amides is 2. The summed E-state index contributed by atoms with van der Waals surface area (Å²) in [5.41, 5.74) is -0.320. The molecule has 0 aliphatic heterocycles. The number of carbonyl (C=O) groups excluding carboxylic acids is 2. The molecule has 11 heteroatoms. The summed E-state index contributed by atoms with van der Waals surface area (Å²) in [4.78, 5) is 49.1. The Morgan fingerprint density at radius 3 is 1.26 bits per heavy atom. The van der Waals surface area contributed by atoms with Crippen LogP contribution in [0.1, 0.15) is 298 Å². The quantitative estimate of drug-likeness (QED) is 0.0247. The first-order valence-electron chi connectivity index (χ1n) is 28.2. The van der Waals surface area contributed by atoms with Gasteiger partial charge in [-0.3, -0.25) is 9.88 Å². The zero-order valence-corrected chi connectivity index (χ0v) is 46.4. The van der Waals surface area contributed by atoms with Gasteiger partial charge < -0.3 is 29.7 Å². The molecule has 10 nitrogen and oxygen atoms in total. The third kappa shape index (κ3) is 31.1. The number of aryl methyl sites for hydroxylation is 1. The number of alkyl carbamates (subject to hydrolysis) is 1. The van der Waals surface area contributed by atoms with Crippen LogP contribution in [-0.2, 0) is 25.6 Å². The van der Waals surface area contributed by atoms with Crippen LogP contribution in [0.15, 0.2) is 12.1 Å². The molecule has 0 aliphatic rings. The number of anilines is 1. The average molecular weight is 979 g/mol. The van der Waals surface area contributed by atoms with Crippen LogP contribution in [0.25, 0.3) is 0 Å². The van der Waals surface area contributed by atoms with E-state index in [2.05, 4.69) is 24.5 Å². The molecule has 1 aromatic carbocycles. The molecule has 2 amide bonds. The van der Waals surface area contributed by atoms with Crippen LogP contribution in [0.3, 0.4) is 0 Å². The van der Waals surface area contributed by atoms with Gasteiger partial charge in [0.2, 0.25) is 0 Å². The lowest BCUT2D eigenvalue weighted by Gasteiger charge is -2.38. The lowest BCUT2D eigenvalue weighted by Crippen LogP contribution is -2.39. The maximum Gasteiger partial charge on any atom is 0.412 e. The topological polar surface area (TPSA) is 154 Å². The van der Waals surface area contributed by atoms with Gasteiger partial charge in [-0.1, -0.05) is 213 Å². The van der Waals surface area contributed by atoms with Crippen molar-refractivity contribution in [2.24, 2.45) is 0 Å². The fourth-order valence-corrected chi connectivity index (χ4v) is 10.9. The van der Waals surface area contributed by atoms with Crippen molar-refractivity contribution < 1.29 is 38.5 Å². The molecule has 0 aromatic heterocycles. The van der Waals surface area contributed by atoms with Crippen LogP contribution in [0, 0.1) is 0 Å². The van der Waals surface area contributed by atoms with E-state index in [-0.39, 0.29) is 30.7 Å². The lowest BCUT2D eigenvalue weighted by molar-refractivity contribution is 0.0504. The molecule has 0 saturated carbocycles. The number of nitrogens with one attached hydrogen (secondary N) is 2. The second-order valence-electron chi connectivity index (χ2n) is 22.4. The van der Waals surface area contributed by atoms with Crippen molar-refractivity contribution >= 4 is 25.5 Å². The molecule has 0 saturated heterocycles. The van der Waals surface area contributed by atoms with Crippen LogP contribution in [-0.4, -0.2) is 44.3 Å². The Morgan fingerprint density at radius 2 is 0.897 bits per heavy atom. The number of aromatic hydroxyl groups is 1. The number of hydrogen-bond donors (Lipinski definition) is 5. The van der Waals surface area contributed by atoms with Gasteiger partial charge in [-0.05, 0) is 104 Å². The van der Waals surface area contributed by atoms with E-state index in [0.29, 0.717) is 24.0 Å². The molecular weight excluding hydrogens is 872 g/mol. The third-order valence-electron chi connectivity index (χ3n) is 13.4. The molecular formula is C57H107N2O8P. The summed E-state index contributed by atoms with van der Waals surface area (Å²) in [5, 5.41) is 15.3. The first kappa shape index (κ1) is 63.7. The minimum absolute atomic E-state index is 0.0506. The van der Waals surface area contributed by atoms with Crippen molar-refractivity contribution in [3.63, 3.8) is 0 Å². The van der Waals surface area contributed by atoms with E-state index in [9.17, 15) is 29.0 Å². The second kappa shape index (κ2) is 36.6. The number of benzene rings is 1. The summed E-state index contributed by atoms with van der Waals surface area (Å²) in [6.07, 6.45) is 38.9. The maximum absolute atomic E-state index is 14.3. The minimum atomic E-state index is -4.92. The number of rotatable bonds is 41. The standard InChI is InChI=1S/C57H107N2O8P/c1-10-12-14-16-18-20-22-24-26-28-30-32-34-36-38-40-42-49-46-52(60)51(59-54(62)67-56(7,8)9)47-50(49)57(68(63,64)65,45-43-48(3)58-53(61)66-55(4,5)6)44-41-39-37-35-33-31-29-27-25-23-21-19-17-15-13-11-2/h46-48,60H,10-45H2,1-9H3,(H,58,61)(H,59,62)(H2,63,64,65). The highest BCUT2D eigenvalue weighted by atomic mass is 31.2. The van der Waals surface area contributed by atoms with Gasteiger partial charge in [0, 0.05) is 6.04 Å². The summed E-state index contributed by atoms with van der Waals surface area (Å²) in [6, 6.07) is 2.73. The van der Waals surface area contributed by atoms with Gasteiger partial charge >= 0.3 is 19.8 Å². The Labute approximate surface area is 418 Å². The summed E-state index contributed by atoms with van der Waals surface area (Å²) in [6.45, 7) is 17.0. The zero-order valence-electron chi connectivity index (χ0n) is 45.5. The Balaban J connectivity index is 3.17. The van der Waals surface area contributed by atoms with Crippen LogP contribution in [0.5, 0.6) is 5.75 Å². The van der Waals surface area contributed by atoms with Crippen molar-refractivity contribution in [1.29, 1.82) is 0 Å². The summed E-state index contributed by atoms with van der Waals surface area (Å²) in [7, 11) is -4.92. The van der Waals surface area contributed by atoms with Gasteiger partial charge in [-0.2, -0.15) is 0 Å². The molecule has 0 bridgehead atoms. The smallest absolute Gasteiger partial charge is 0.412 e. The minimum Gasteiger partial charge on any atom is -0.506 e. The molecule has 0 radical (unpaired) electrons. The predicted octanol–water partition coefficient (Wildman–Crippen LogP) is 18.3. The Hall–Kier alpha value is -2.29. The van der Waals surface area contributed by atoms with E-state index in [1.165, 1.54) is 148 Å². The SMILES string of the molecule is CCCCCCCCCCCCCCCCCCc1cc(O)c(NC(=O)OC(C)(C)C)cc1C(CCCCCCCCCCCCCCCCCC)(CCC(C)NC(=O)OC(C)(C)C)P(=O)(O)O. The zero-order chi connectivity index (χ0) is 50.7. The van der Waals surface area contributed by atoms with E-state index in [1.54, 1.807) is 53.7 Å². The van der Waals surface area contributed by atoms with E-state index in [1.807, 2.05) is 6.92 Å². The highest BCUT2D eigenvalue weighted by Gasteiger charge is 2.49. The molecule has 0 spiro atoms. The normalized spacial score (nSPS) is 13.6. The van der Waals surface area contributed by atoms with Crippen molar-refractivity contribution in [3.8, 4) is 5.75 Å². The number of hydrogen-bond acceptors (Lipinski definition) is 6. The van der Waals surface area contributed by atoms with Crippen molar-refractivity contribution in [2.45, 2.75) is 316 Å². The van der Waals surface area contributed by atoms with E-state index >= 15 is 0 Å². The number of phenols is 1. The van der Waals surface area contributed by atoms with Crippen molar-refractivity contribution in [3.05, 3.63) is 23.3 Å². The van der Waals surface area contributed by atoms with E-state index in [4.69, 9.17) is 9.47 Å². The van der Waals surface area contributed by atoms with Gasteiger partial charge in [0.25, 0.3) is 0 Å². The maximum atomic E-state index is 14.3. The van der Waals surface area contributed by atoms with Crippen LogP contribution in [0.4, 0.5) is 15.3 Å². The molecule has 5 N–H and O–H groups in total. The molecule has 1 aromatic rings. The number of phenolic OH excluding ortho intramolecular Hbond substituents is 1. The number of ether oxygens (including phenoxy) is 2. The van der Waals surface area contributed by atoms with Gasteiger partial charge in [0.1, 0.15) is 17.0 Å². The van der Waals surface area contributed by atoms with Crippen molar-refractivity contribution in [1.82, 2.24) is 5.32 Å². The molecule has 0 fully saturated rings. The Bertz CT molecular complexity index is 1500. The largest absolute Gasteiger partial charge is 0.506 e. The number of unbranched alkanes of at least 4 members (excludes halogenated alkanes) is 30. The predicted molar refractivity (Wildman–Crippen MR) is 287 cm³/mol. The summed E-state index contributed by atoms with van der Waals surface area (Å²) >= 11 is 0. The average Bonchev–Trinajstić information content (AvgIpc) is 3.23. The molecule has 0 heterocycles. The first-order valence-corrected chi connectivity index (χ1v) is 29.8. The third-order valence-corrected chi connectivity index (χ3v) is 15.2. The summed E-state index contributed by atoms with van der Waals surface area (Å²) in [5.74, 6) is -0.173. The second-order valence-corrected chi connectivity index (χ2v) is 24.4. The fraction of sp³-hybridized carbons (Fsp3) is 0.860. The first-order chi connectivity index (χ1) is 32.2. The highest BCUT2D eigenvalue weighted by Crippen LogP contribution is 2.63. The Morgan fingerprint density at radius 1 is 0.544 bits per heavy atom. The monoisotopic (exact) mass is 979 g/mol. The van der Waals surface area contributed by atoms with Crippen LogP contribution < -0.4 is 10.6 Å². The molecule has 0 aliphatic carbocycles. The highest BCUT2D eigenvalue weighted by molar-refractivity contribution is 7.53. The van der Waals surface area contributed by atoms with Gasteiger partial charge in [0.15, 0.2) is 0 Å². The molecule has 1 rings (SSSR count). The van der Waals surface area contributed by atoms with Gasteiger partial charge in [-0.25, -0.2) is 9.59 Å². The van der Waals surface area contributed by atoms with Crippen LogP contribution in [0.2, 0.25) is 0 Å². The fourth-order valence-electron chi connectivity index (χ4n) is 9.49. The van der Waals surface area contributed by atoms with Crippen molar-refractivity contribution in [2.75, 3.05) is 5.32 Å². The van der Waals surface area contributed by atoms with E-state index < -0.39 is 42.2 Å². The molecule has 68 heavy (non-hydrogen) atoms. The molecule has 398 valence electrons. The van der Waals surface area contributed by atoms with Crippen LogP contribution >= 0.6 is 7.60 Å². The molecule has 2 atom stereocenters. The van der Waals surface area contributed by atoms with Gasteiger partial charge in [0.05, 0.1) is 10.8 Å². The Kier molecular flexibility index (Phi) is 34.3. The lowest BCUT2D eigenvalue weighted by atomic mass is 9.82. The molecule has 2 unspecified atom stereocenters. The summed E-state index contributed by atoms with van der Waals surface area (Å²) < 4.78 is 25.3. The van der Waals surface area contributed by atoms with Gasteiger partial charge in [-0.15, -0.1) is 0 Å². The number of carbonyl (C=O) groups is 2. The van der Waals surface area contributed by atoms with E-state index in [0.717, 1.165) is 51.4 Å².